The molecular weight excluding hydrogens is 360 g/mol. The first-order valence-corrected chi connectivity index (χ1v) is 10.2. The number of hydrogen-bond acceptors (Lipinski definition) is 5. The Kier molecular flexibility index (Phi) is 5.81. The van der Waals surface area contributed by atoms with Crippen LogP contribution in [0.3, 0.4) is 0 Å². The van der Waals surface area contributed by atoms with Crippen molar-refractivity contribution in [3.05, 3.63) is 34.6 Å². The van der Waals surface area contributed by atoms with E-state index in [0.29, 0.717) is 5.56 Å². The fraction of sp³-hybridized carbons (Fsp3) is 0.550. The van der Waals surface area contributed by atoms with Crippen molar-refractivity contribution < 1.29 is 9.90 Å². The second-order valence-electron chi connectivity index (χ2n) is 8.20. The molecule has 2 atom stereocenters. The molecule has 1 aromatic heterocycles. The van der Waals surface area contributed by atoms with Gasteiger partial charge in [-0.1, -0.05) is 23.5 Å². The fourth-order valence-corrected chi connectivity index (χ4v) is 4.13. The molecule has 2 N–H and O–H groups in total. The lowest BCUT2D eigenvalue weighted by Gasteiger charge is -2.22. The van der Waals surface area contributed by atoms with E-state index in [1.807, 2.05) is 52.1 Å². The molecule has 0 saturated heterocycles. The second kappa shape index (κ2) is 7.94. The van der Waals surface area contributed by atoms with Gasteiger partial charge >= 0.3 is 0 Å². The first kappa shape index (κ1) is 19.8. The highest BCUT2D eigenvalue weighted by molar-refractivity contribution is 7.12. The number of aryl methyl sites for hydroxylation is 1. The summed E-state index contributed by atoms with van der Waals surface area (Å²) >= 11 is 1.53. The number of carbonyl (C=O) groups is 1. The van der Waals surface area contributed by atoms with Gasteiger partial charge in [-0.15, -0.1) is 0 Å². The average Bonchev–Trinajstić information content (AvgIpc) is 2.94. The maximum absolute atomic E-state index is 12.3. The van der Waals surface area contributed by atoms with Crippen LogP contribution in [0.5, 0.6) is 0 Å². The maximum Gasteiger partial charge on any atom is 0.251 e. The van der Waals surface area contributed by atoms with E-state index in [4.69, 9.17) is 4.99 Å². The van der Waals surface area contributed by atoms with Crippen LogP contribution in [0.2, 0.25) is 0 Å². The van der Waals surface area contributed by atoms with E-state index in [1.54, 1.807) is 4.68 Å². The van der Waals surface area contributed by atoms with Gasteiger partial charge in [-0.2, -0.15) is 5.10 Å². The quantitative estimate of drug-likeness (QED) is 0.848. The second-order valence-corrected chi connectivity index (χ2v) is 9.15. The highest BCUT2D eigenvalue weighted by Gasteiger charge is 2.20. The number of hydrogen-bond donors (Lipinski definition) is 2. The predicted octanol–water partition coefficient (Wildman–Crippen LogP) is 2.88. The highest BCUT2D eigenvalue weighted by atomic mass is 32.1. The Hall–Kier alpha value is -1.99. The molecule has 146 valence electrons. The third-order valence-corrected chi connectivity index (χ3v) is 5.56. The van der Waals surface area contributed by atoms with Crippen LogP contribution in [-0.4, -0.2) is 38.5 Å². The normalized spacial score (nSPS) is 21.3. The molecule has 1 aromatic carbocycles. The van der Waals surface area contributed by atoms with Gasteiger partial charge in [0.2, 0.25) is 4.80 Å². The molecule has 1 fully saturated rings. The summed E-state index contributed by atoms with van der Waals surface area (Å²) in [5.41, 5.74) is 1.34. The van der Waals surface area contributed by atoms with Crippen molar-refractivity contribution in [3.8, 4) is 10.6 Å². The molecule has 2 unspecified atom stereocenters. The number of benzene rings is 1. The highest BCUT2D eigenvalue weighted by Crippen LogP contribution is 2.22. The van der Waals surface area contributed by atoms with Gasteiger partial charge in [0, 0.05) is 23.7 Å². The van der Waals surface area contributed by atoms with E-state index in [0.717, 1.165) is 41.1 Å². The lowest BCUT2D eigenvalue weighted by atomic mass is 9.94. The lowest BCUT2D eigenvalue weighted by Crippen LogP contribution is -2.40. The Balaban J connectivity index is 1.78. The summed E-state index contributed by atoms with van der Waals surface area (Å²) in [4.78, 5) is 17.9. The zero-order chi connectivity index (χ0) is 19.6. The minimum atomic E-state index is -0.262. The molecule has 1 amide bonds. The van der Waals surface area contributed by atoms with Crippen molar-refractivity contribution in [1.82, 2.24) is 15.1 Å². The van der Waals surface area contributed by atoms with Crippen molar-refractivity contribution in [2.45, 2.75) is 64.1 Å². The molecule has 1 heterocycles. The Morgan fingerprint density at radius 1 is 1.30 bits per heavy atom. The topological polar surface area (TPSA) is 79.5 Å². The molecule has 0 aliphatic heterocycles. The van der Waals surface area contributed by atoms with Gasteiger partial charge in [-0.3, -0.25) is 9.79 Å². The van der Waals surface area contributed by atoms with E-state index >= 15 is 0 Å². The summed E-state index contributed by atoms with van der Waals surface area (Å²) in [6, 6.07) is 7.66. The first-order chi connectivity index (χ1) is 12.7. The molecular formula is C20H28N4O2S. The van der Waals surface area contributed by atoms with E-state index in [9.17, 15) is 9.90 Å². The third kappa shape index (κ3) is 5.26. The Morgan fingerprint density at radius 3 is 2.63 bits per heavy atom. The molecule has 3 rings (SSSR count). The molecule has 7 heteroatoms. The zero-order valence-corrected chi connectivity index (χ0v) is 17.2. The summed E-state index contributed by atoms with van der Waals surface area (Å²) in [5.74, 6) is -0.0784. The average molecular weight is 389 g/mol. The number of aliphatic hydroxyl groups excluding tert-OH is 1. The molecule has 0 radical (unpaired) electrons. The Bertz CT molecular complexity index is 861. The minimum absolute atomic E-state index is 0.0784. The van der Waals surface area contributed by atoms with E-state index in [-0.39, 0.29) is 23.6 Å². The van der Waals surface area contributed by atoms with Crippen LogP contribution in [0.25, 0.3) is 10.6 Å². The molecule has 6 nitrogen and oxygen atoms in total. The summed E-state index contributed by atoms with van der Waals surface area (Å²) in [5, 5.41) is 18.3. The third-order valence-electron chi connectivity index (χ3n) is 4.50. The molecule has 2 aromatic rings. The Labute approximate surface area is 164 Å². The van der Waals surface area contributed by atoms with Crippen molar-refractivity contribution in [2.75, 3.05) is 0 Å². The number of nitrogens with one attached hydrogen (secondary N) is 1. The molecule has 0 bridgehead atoms. The number of amides is 1. The van der Waals surface area contributed by atoms with Gasteiger partial charge in [-0.05, 0) is 58.6 Å². The van der Waals surface area contributed by atoms with Gasteiger partial charge in [0.1, 0.15) is 5.01 Å². The van der Waals surface area contributed by atoms with Gasteiger partial charge < -0.3 is 10.4 Å². The van der Waals surface area contributed by atoms with E-state index < -0.39 is 0 Å². The number of rotatable bonds is 3. The summed E-state index contributed by atoms with van der Waals surface area (Å²) in [6.45, 7) is 5.89. The van der Waals surface area contributed by atoms with Crippen molar-refractivity contribution in [2.24, 2.45) is 12.0 Å². The number of aliphatic hydroxyl groups is 1. The zero-order valence-electron chi connectivity index (χ0n) is 16.4. The summed E-state index contributed by atoms with van der Waals surface area (Å²) in [6.07, 6.45) is 3.40. The van der Waals surface area contributed by atoms with Crippen LogP contribution in [0, 0.1) is 0 Å². The van der Waals surface area contributed by atoms with Crippen molar-refractivity contribution in [3.63, 3.8) is 0 Å². The Morgan fingerprint density at radius 2 is 2.00 bits per heavy atom. The van der Waals surface area contributed by atoms with Crippen LogP contribution in [0.4, 0.5) is 0 Å². The molecule has 1 saturated carbocycles. The monoisotopic (exact) mass is 388 g/mol. The van der Waals surface area contributed by atoms with Gasteiger partial charge in [0.05, 0.1) is 12.1 Å². The van der Waals surface area contributed by atoms with Crippen LogP contribution >= 0.6 is 11.3 Å². The van der Waals surface area contributed by atoms with Crippen molar-refractivity contribution in [1.29, 1.82) is 0 Å². The summed E-state index contributed by atoms with van der Waals surface area (Å²) < 4.78 is 1.79. The fourth-order valence-electron chi connectivity index (χ4n) is 3.17. The SMILES string of the molecule is Cn1nc(-c2ccc(C(=O)NC(C)(C)C)cc2)sc1=NC1CCCC(O)C1. The number of nitrogens with zero attached hydrogens (tertiary/aromatic N) is 3. The molecule has 27 heavy (non-hydrogen) atoms. The van der Waals surface area contributed by atoms with Crippen LogP contribution in [0.1, 0.15) is 56.8 Å². The van der Waals surface area contributed by atoms with Gasteiger partial charge in [0.15, 0.2) is 0 Å². The van der Waals surface area contributed by atoms with Crippen molar-refractivity contribution >= 4 is 17.2 Å². The molecule has 1 aliphatic rings. The predicted molar refractivity (Wildman–Crippen MR) is 108 cm³/mol. The van der Waals surface area contributed by atoms with E-state index in [2.05, 4.69) is 10.4 Å². The molecule has 1 aliphatic carbocycles. The standard InChI is InChI=1S/C20H28N4O2S/c1-20(2,3)22-17(26)13-8-10-14(11-9-13)18-23-24(4)19(27-18)21-15-6-5-7-16(25)12-15/h8-11,15-16,25H,5-7,12H2,1-4H3,(H,22,26). The summed E-state index contributed by atoms with van der Waals surface area (Å²) in [7, 11) is 1.89. The maximum atomic E-state index is 12.3. The minimum Gasteiger partial charge on any atom is -0.393 e. The number of carbonyl (C=O) groups excluding carboxylic acids is 1. The van der Waals surface area contributed by atoms with Crippen LogP contribution < -0.4 is 10.1 Å². The van der Waals surface area contributed by atoms with E-state index in [1.165, 1.54) is 11.3 Å². The van der Waals surface area contributed by atoms with Gasteiger partial charge in [0.25, 0.3) is 5.91 Å². The van der Waals surface area contributed by atoms with Crippen LogP contribution in [0.15, 0.2) is 29.3 Å². The largest absolute Gasteiger partial charge is 0.393 e. The molecule has 0 spiro atoms. The smallest absolute Gasteiger partial charge is 0.251 e. The van der Waals surface area contributed by atoms with Crippen LogP contribution in [-0.2, 0) is 7.05 Å². The number of aromatic nitrogens is 2. The van der Waals surface area contributed by atoms with Gasteiger partial charge in [-0.25, -0.2) is 4.68 Å². The lowest BCUT2D eigenvalue weighted by molar-refractivity contribution is 0.0919. The first-order valence-electron chi connectivity index (χ1n) is 9.40.